The SMILES string of the molecule is COC(=O)c1ccc(C(=O)NCCOCCOCCNC(=O)CN2CCN(CC(=O)OC(C)(C)C)CCN(CC(=O)OC(C)(C)C)CCN(CC(=O)OC(C)(C)C)CC2)cc1P(c1ccccc1)c1ccccc1. The molecule has 408 valence electrons. The lowest BCUT2D eigenvalue weighted by atomic mass is 10.1. The average molecular weight is 1050 g/mol. The highest BCUT2D eigenvalue weighted by Gasteiger charge is 2.28. The molecule has 1 fully saturated rings. The number of hydrogen-bond donors (Lipinski definition) is 2. The molecule has 19 heteroatoms. The summed E-state index contributed by atoms with van der Waals surface area (Å²) in [6, 6.07) is 24.9. The average Bonchev–Trinajstić information content (AvgIpc) is 3.31. The van der Waals surface area contributed by atoms with E-state index in [2.05, 4.69) is 10.6 Å². The van der Waals surface area contributed by atoms with Gasteiger partial charge in [-0.3, -0.25) is 43.6 Å². The molecule has 74 heavy (non-hydrogen) atoms. The summed E-state index contributed by atoms with van der Waals surface area (Å²) in [5.41, 5.74) is -1.19. The molecule has 0 radical (unpaired) electrons. The number of carbonyl (C=O) groups is 6. The van der Waals surface area contributed by atoms with Gasteiger partial charge in [0, 0.05) is 76.3 Å². The van der Waals surface area contributed by atoms with Crippen molar-refractivity contribution in [3.63, 3.8) is 0 Å². The first-order chi connectivity index (χ1) is 35.0. The van der Waals surface area contributed by atoms with Gasteiger partial charge in [-0.2, -0.15) is 0 Å². The van der Waals surface area contributed by atoms with Crippen LogP contribution in [0.3, 0.4) is 0 Å². The second-order valence-electron chi connectivity index (χ2n) is 20.9. The van der Waals surface area contributed by atoms with Gasteiger partial charge in [-0.1, -0.05) is 60.7 Å². The van der Waals surface area contributed by atoms with E-state index in [4.69, 9.17) is 28.4 Å². The van der Waals surface area contributed by atoms with Gasteiger partial charge in [-0.05, 0) is 99.0 Å². The number of amides is 2. The number of rotatable bonds is 22. The molecule has 3 aromatic carbocycles. The van der Waals surface area contributed by atoms with Crippen LogP contribution in [0.2, 0.25) is 0 Å². The molecule has 0 atom stereocenters. The molecule has 18 nitrogen and oxygen atoms in total. The molecular weight excluding hydrogens is 968 g/mol. The molecule has 1 heterocycles. The maximum atomic E-state index is 13.4. The number of benzene rings is 3. The van der Waals surface area contributed by atoms with Crippen molar-refractivity contribution >= 4 is 59.5 Å². The number of esters is 4. The Balaban J connectivity index is 1.28. The van der Waals surface area contributed by atoms with E-state index < -0.39 is 30.7 Å². The smallest absolute Gasteiger partial charge is 0.338 e. The predicted molar refractivity (Wildman–Crippen MR) is 287 cm³/mol. The first-order valence-electron chi connectivity index (χ1n) is 25.4. The van der Waals surface area contributed by atoms with Crippen LogP contribution < -0.4 is 26.5 Å². The Morgan fingerprint density at radius 3 is 1.26 bits per heavy atom. The van der Waals surface area contributed by atoms with Crippen molar-refractivity contribution in [2.24, 2.45) is 0 Å². The molecule has 3 aromatic rings. The van der Waals surface area contributed by atoms with Crippen molar-refractivity contribution < 1.29 is 57.2 Å². The lowest BCUT2D eigenvalue weighted by Crippen LogP contribution is -2.50. The summed E-state index contributed by atoms with van der Waals surface area (Å²) in [7, 11) is 0.152. The Bertz CT molecular complexity index is 2160. The zero-order valence-electron chi connectivity index (χ0n) is 45.4. The molecule has 0 saturated carbocycles. The minimum atomic E-state index is -1.19. The van der Waals surface area contributed by atoms with Crippen molar-refractivity contribution in [3.8, 4) is 0 Å². The van der Waals surface area contributed by atoms with Crippen molar-refractivity contribution in [2.75, 3.05) is 125 Å². The Morgan fingerprint density at radius 2 is 0.878 bits per heavy atom. The van der Waals surface area contributed by atoms with Gasteiger partial charge in [-0.25, -0.2) is 4.79 Å². The highest BCUT2D eigenvalue weighted by molar-refractivity contribution is 7.80. The summed E-state index contributed by atoms with van der Waals surface area (Å²) in [4.78, 5) is 86.8. The first kappa shape index (κ1) is 61.2. The molecule has 1 aliphatic heterocycles. The van der Waals surface area contributed by atoms with Crippen molar-refractivity contribution in [2.45, 2.75) is 79.1 Å². The normalized spacial score (nSPS) is 15.1. The lowest BCUT2D eigenvalue weighted by molar-refractivity contribution is -0.158. The largest absolute Gasteiger partial charge is 0.465 e. The number of ether oxygens (including phenoxy) is 6. The van der Waals surface area contributed by atoms with Crippen LogP contribution in [0.5, 0.6) is 0 Å². The van der Waals surface area contributed by atoms with Gasteiger partial charge in [-0.15, -0.1) is 0 Å². The predicted octanol–water partition coefficient (Wildman–Crippen LogP) is 3.36. The Kier molecular flexibility index (Phi) is 25.0. The molecule has 0 spiro atoms. The van der Waals surface area contributed by atoms with Crippen LogP contribution in [0.15, 0.2) is 78.9 Å². The van der Waals surface area contributed by atoms with Crippen molar-refractivity contribution in [1.29, 1.82) is 0 Å². The van der Waals surface area contributed by atoms with Gasteiger partial charge >= 0.3 is 23.9 Å². The third-order valence-electron chi connectivity index (χ3n) is 11.0. The minimum Gasteiger partial charge on any atom is -0.465 e. The minimum absolute atomic E-state index is 0.0268. The molecule has 0 aromatic heterocycles. The molecule has 2 amide bonds. The number of nitrogens with zero attached hydrogens (tertiary/aromatic N) is 4. The van der Waals surface area contributed by atoms with Crippen molar-refractivity contribution in [1.82, 2.24) is 30.2 Å². The van der Waals surface area contributed by atoms with Crippen LogP contribution >= 0.6 is 7.92 Å². The van der Waals surface area contributed by atoms with Gasteiger partial charge in [0.05, 0.1) is 65.3 Å². The molecular formula is C55H81N6O12P. The molecule has 0 bridgehead atoms. The van der Waals surface area contributed by atoms with Gasteiger partial charge in [0.15, 0.2) is 0 Å². The van der Waals surface area contributed by atoms with Crippen LogP contribution in [-0.4, -0.2) is 197 Å². The van der Waals surface area contributed by atoms with Crippen LogP contribution in [0.1, 0.15) is 83.0 Å². The monoisotopic (exact) mass is 1050 g/mol. The van der Waals surface area contributed by atoms with E-state index in [1.54, 1.807) is 18.2 Å². The fourth-order valence-corrected chi connectivity index (χ4v) is 10.3. The zero-order valence-corrected chi connectivity index (χ0v) is 46.3. The highest BCUT2D eigenvalue weighted by atomic mass is 31.1. The van der Waals surface area contributed by atoms with E-state index in [0.29, 0.717) is 63.5 Å². The van der Waals surface area contributed by atoms with Gasteiger partial charge in [0.25, 0.3) is 5.91 Å². The van der Waals surface area contributed by atoms with Crippen LogP contribution in [0, 0.1) is 0 Å². The van der Waals surface area contributed by atoms with Gasteiger partial charge in [0.2, 0.25) is 5.91 Å². The summed E-state index contributed by atoms with van der Waals surface area (Å²) in [5, 5.41) is 8.61. The molecule has 0 aliphatic carbocycles. The van der Waals surface area contributed by atoms with Crippen LogP contribution in [0.4, 0.5) is 0 Å². The summed E-state index contributed by atoms with van der Waals surface area (Å²) in [6.07, 6.45) is 0. The molecule has 1 saturated heterocycles. The van der Waals surface area contributed by atoms with Crippen LogP contribution in [-0.2, 0) is 47.6 Å². The maximum Gasteiger partial charge on any atom is 0.338 e. The second kappa shape index (κ2) is 30.3. The Morgan fingerprint density at radius 1 is 0.500 bits per heavy atom. The standard InChI is InChI=1S/C55H81N6O12P/c1-53(2,3)71-48(63)39-59-27-25-58(26-28-60(40-49(64)72-54(4,5)6)30-32-61(31-29-59)41-50(65)73-55(7,8)9)38-47(62)56-23-33-69-35-36-70-34-24-57-51(66)42-21-22-45(52(67)68-10)46(37-42)74(43-17-13-11-14-18-43)44-19-15-12-16-20-44/h11-22,37H,23-36,38-41H2,1-10H3,(H,56,62)(H,57,66). The molecule has 0 unspecified atom stereocenters. The van der Waals surface area contributed by atoms with E-state index in [-0.39, 0.29) is 95.4 Å². The summed E-state index contributed by atoms with van der Waals surface area (Å²) >= 11 is 0. The second-order valence-corrected chi connectivity index (χ2v) is 23.1. The Labute approximate surface area is 439 Å². The Hall–Kier alpha value is -5.33. The third kappa shape index (κ3) is 23.9. The molecule has 2 N–H and O–H groups in total. The van der Waals surface area contributed by atoms with Crippen LogP contribution in [0.25, 0.3) is 0 Å². The van der Waals surface area contributed by atoms with E-state index in [9.17, 15) is 28.8 Å². The third-order valence-corrected chi connectivity index (χ3v) is 13.5. The van der Waals surface area contributed by atoms with E-state index in [0.717, 1.165) is 15.9 Å². The number of methoxy groups -OCH3 is 1. The number of hydrogen-bond acceptors (Lipinski definition) is 16. The summed E-state index contributed by atoms with van der Waals surface area (Å²) < 4.78 is 33.5. The topological polar surface area (TPSA) is 195 Å². The summed E-state index contributed by atoms with van der Waals surface area (Å²) in [6.45, 7) is 21.5. The number of nitrogens with one attached hydrogen (secondary N) is 2. The first-order valence-corrected chi connectivity index (χ1v) is 26.7. The fraction of sp³-hybridized carbons (Fsp3) is 0.564. The van der Waals surface area contributed by atoms with E-state index in [1.165, 1.54) is 7.11 Å². The quantitative estimate of drug-likeness (QED) is 0.0644. The zero-order chi connectivity index (χ0) is 54.3. The van der Waals surface area contributed by atoms with Gasteiger partial charge < -0.3 is 39.1 Å². The number of carbonyl (C=O) groups excluding carboxylic acids is 6. The van der Waals surface area contributed by atoms with Crippen molar-refractivity contribution in [3.05, 3.63) is 90.0 Å². The fourth-order valence-electron chi connectivity index (χ4n) is 7.78. The lowest BCUT2D eigenvalue weighted by Gasteiger charge is -2.34. The van der Waals surface area contributed by atoms with E-state index >= 15 is 0 Å². The van der Waals surface area contributed by atoms with E-state index in [1.807, 2.05) is 143 Å². The molecule has 1 aliphatic rings. The maximum absolute atomic E-state index is 13.4. The molecule has 4 rings (SSSR count). The highest BCUT2D eigenvalue weighted by Crippen LogP contribution is 2.35. The van der Waals surface area contributed by atoms with Gasteiger partial charge in [0.1, 0.15) is 16.8 Å². The summed E-state index contributed by atoms with van der Waals surface area (Å²) in [5.74, 6) is -2.11.